The van der Waals surface area contributed by atoms with Gasteiger partial charge in [0.2, 0.25) is 5.91 Å². The lowest BCUT2D eigenvalue weighted by Gasteiger charge is -2.34. The fourth-order valence-electron chi connectivity index (χ4n) is 2.66. The molecule has 2 N–H and O–H groups in total. The summed E-state index contributed by atoms with van der Waals surface area (Å²) in [6.07, 6.45) is 4.11. The van der Waals surface area contributed by atoms with Gasteiger partial charge in [0.25, 0.3) is 0 Å². The summed E-state index contributed by atoms with van der Waals surface area (Å²) in [4.78, 5) is 19.8. The van der Waals surface area contributed by atoms with Crippen LogP contribution in [0.2, 0.25) is 0 Å². The molecule has 0 atom stereocenters. The molecule has 0 aliphatic carbocycles. The number of halogens is 1. The Bertz CT molecular complexity index is 497. The van der Waals surface area contributed by atoms with Crippen molar-refractivity contribution in [3.63, 3.8) is 0 Å². The van der Waals surface area contributed by atoms with Crippen LogP contribution < -0.4 is 10.6 Å². The fraction of sp³-hybridized carbons (Fsp3) is 0.625. The highest BCUT2D eigenvalue weighted by Crippen LogP contribution is 2.00. The van der Waals surface area contributed by atoms with Gasteiger partial charge < -0.3 is 20.1 Å². The number of nitrogens with one attached hydrogen (secondary N) is 2. The molecule has 0 aromatic carbocycles. The van der Waals surface area contributed by atoms with Gasteiger partial charge in [0.15, 0.2) is 5.96 Å². The van der Waals surface area contributed by atoms with Gasteiger partial charge >= 0.3 is 0 Å². The molecule has 2 rings (SSSR count). The van der Waals surface area contributed by atoms with E-state index in [4.69, 9.17) is 0 Å². The smallest absolute Gasteiger partial charge is 0.219 e. The normalized spacial score (nSPS) is 15.8. The van der Waals surface area contributed by atoms with E-state index in [1.54, 1.807) is 14.0 Å². The summed E-state index contributed by atoms with van der Waals surface area (Å²) >= 11 is 0. The van der Waals surface area contributed by atoms with E-state index in [2.05, 4.69) is 37.5 Å². The average Bonchev–Trinajstić information content (AvgIpc) is 3.07. The largest absolute Gasteiger partial charge is 0.355 e. The number of aliphatic imine (C=N–C) groups is 1. The molecule has 7 nitrogen and oxygen atoms in total. The van der Waals surface area contributed by atoms with Crippen LogP contribution in [0, 0.1) is 0 Å². The summed E-state index contributed by atoms with van der Waals surface area (Å²) in [5, 5.41) is 6.65. The number of amides is 1. The number of nitrogens with zero attached hydrogens (tertiary/aromatic N) is 4. The highest BCUT2D eigenvalue weighted by atomic mass is 127. The molecule has 1 fully saturated rings. The number of guanidine groups is 1. The Morgan fingerprint density at radius 3 is 2.17 bits per heavy atom. The fourth-order valence-corrected chi connectivity index (χ4v) is 2.66. The second-order valence-corrected chi connectivity index (χ2v) is 5.69. The molecule has 0 unspecified atom stereocenters. The summed E-state index contributed by atoms with van der Waals surface area (Å²) < 4.78 is 2.13. The van der Waals surface area contributed by atoms with Gasteiger partial charge in [-0.2, -0.15) is 0 Å². The van der Waals surface area contributed by atoms with Crippen LogP contribution in [0.3, 0.4) is 0 Å². The van der Waals surface area contributed by atoms with Crippen LogP contribution in [0.25, 0.3) is 0 Å². The summed E-state index contributed by atoms with van der Waals surface area (Å²) in [6, 6.07) is 4.05. The molecule has 1 aromatic heterocycles. The molecule has 1 amide bonds. The van der Waals surface area contributed by atoms with Crippen molar-refractivity contribution in [2.45, 2.75) is 13.5 Å². The number of hydrogen-bond acceptors (Lipinski definition) is 3. The minimum absolute atomic E-state index is 0. The Hall–Kier alpha value is -1.29. The quantitative estimate of drug-likeness (QED) is 0.377. The number of aromatic nitrogens is 1. The van der Waals surface area contributed by atoms with E-state index in [0.717, 1.165) is 58.3 Å². The first-order chi connectivity index (χ1) is 11.2. The monoisotopic (exact) mass is 448 g/mol. The van der Waals surface area contributed by atoms with Crippen LogP contribution in [0.4, 0.5) is 0 Å². The molecule has 2 heterocycles. The molecule has 0 saturated carbocycles. The summed E-state index contributed by atoms with van der Waals surface area (Å²) in [7, 11) is 1.79. The van der Waals surface area contributed by atoms with Crippen molar-refractivity contribution in [2.75, 3.05) is 52.9 Å². The number of hydrogen-bond donors (Lipinski definition) is 2. The van der Waals surface area contributed by atoms with Crippen molar-refractivity contribution in [1.29, 1.82) is 0 Å². The molecular formula is C16H29IN6O. The second kappa shape index (κ2) is 11.3. The highest BCUT2D eigenvalue weighted by molar-refractivity contribution is 14.0. The van der Waals surface area contributed by atoms with Crippen molar-refractivity contribution in [3.05, 3.63) is 24.5 Å². The Morgan fingerprint density at radius 1 is 1.04 bits per heavy atom. The van der Waals surface area contributed by atoms with Crippen LogP contribution >= 0.6 is 24.0 Å². The average molecular weight is 448 g/mol. The van der Waals surface area contributed by atoms with E-state index in [0.29, 0.717) is 0 Å². The standard InChI is InChI=1S/C16H28N6O.HI/c1-15(23)22-13-11-21(12-14-22)10-6-19-16(17-2)18-5-9-20-7-3-4-8-20;/h3-4,7-8H,5-6,9-14H2,1-2H3,(H2,17,18,19);1H. The molecule has 1 saturated heterocycles. The summed E-state index contributed by atoms with van der Waals surface area (Å²) in [5.41, 5.74) is 0. The van der Waals surface area contributed by atoms with Crippen molar-refractivity contribution in [3.8, 4) is 0 Å². The van der Waals surface area contributed by atoms with Crippen LogP contribution in [0.5, 0.6) is 0 Å². The minimum Gasteiger partial charge on any atom is -0.355 e. The van der Waals surface area contributed by atoms with Crippen LogP contribution in [0.15, 0.2) is 29.5 Å². The zero-order chi connectivity index (χ0) is 16.5. The number of rotatable bonds is 6. The highest BCUT2D eigenvalue weighted by Gasteiger charge is 2.17. The maximum absolute atomic E-state index is 11.3. The Kier molecular flexibility index (Phi) is 9.77. The molecule has 0 radical (unpaired) electrons. The Balaban J connectivity index is 0.00000288. The van der Waals surface area contributed by atoms with Gasteiger partial charge in [-0.1, -0.05) is 0 Å². The van der Waals surface area contributed by atoms with Gasteiger partial charge in [-0.05, 0) is 12.1 Å². The molecule has 0 bridgehead atoms. The molecule has 136 valence electrons. The van der Waals surface area contributed by atoms with Gasteiger partial charge in [-0.25, -0.2) is 0 Å². The Morgan fingerprint density at radius 2 is 1.62 bits per heavy atom. The third kappa shape index (κ3) is 7.08. The van der Waals surface area contributed by atoms with Crippen LogP contribution in [0.1, 0.15) is 6.92 Å². The predicted molar refractivity (Wildman–Crippen MR) is 108 cm³/mol. The van der Waals surface area contributed by atoms with E-state index >= 15 is 0 Å². The maximum atomic E-state index is 11.3. The number of piperazine rings is 1. The Labute approximate surface area is 161 Å². The first kappa shape index (κ1) is 20.8. The topological polar surface area (TPSA) is 64.9 Å². The van der Waals surface area contributed by atoms with E-state index in [1.807, 2.05) is 17.0 Å². The van der Waals surface area contributed by atoms with Crippen molar-refractivity contribution >= 4 is 35.8 Å². The second-order valence-electron chi connectivity index (χ2n) is 5.69. The van der Waals surface area contributed by atoms with E-state index in [1.165, 1.54) is 0 Å². The van der Waals surface area contributed by atoms with E-state index < -0.39 is 0 Å². The number of carbonyl (C=O) groups is 1. The number of carbonyl (C=O) groups excluding carboxylic acids is 1. The molecule has 24 heavy (non-hydrogen) atoms. The van der Waals surface area contributed by atoms with Crippen LogP contribution in [-0.4, -0.2) is 79.1 Å². The lowest BCUT2D eigenvalue weighted by Crippen LogP contribution is -2.50. The molecule has 1 aromatic rings. The third-order valence-electron chi connectivity index (χ3n) is 4.09. The molecule has 0 spiro atoms. The minimum atomic E-state index is 0. The van der Waals surface area contributed by atoms with Gasteiger partial charge in [0, 0.05) is 78.7 Å². The molecule has 8 heteroatoms. The predicted octanol–water partition coefficient (Wildman–Crippen LogP) is 0.435. The van der Waals surface area contributed by atoms with E-state index in [-0.39, 0.29) is 29.9 Å². The van der Waals surface area contributed by atoms with Crippen molar-refractivity contribution in [2.24, 2.45) is 4.99 Å². The van der Waals surface area contributed by atoms with Crippen molar-refractivity contribution in [1.82, 2.24) is 25.0 Å². The van der Waals surface area contributed by atoms with Crippen molar-refractivity contribution < 1.29 is 4.79 Å². The summed E-state index contributed by atoms with van der Waals surface area (Å²) in [5.74, 6) is 1.01. The van der Waals surface area contributed by atoms with E-state index in [9.17, 15) is 4.79 Å². The zero-order valence-electron chi connectivity index (χ0n) is 14.6. The first-order valence-corrected chi connectivity index (χ1v) is 8.22. The SMILES string of the molecule is CN=C(NCCN1CCN(C(C)=O)CC1)NCCn1cccc1.I. The molecular weight excluding hydrogens is 419 g/mol. The first-order valence-electron chi connectivity index (χ1n) is 8.22. The van der Waals surface area contributed by atoms with Gasteiger partial charge in [-0.3, -0.25) is 14.7 Å². The van der Waals surface area contributed by atoms with Gasteiger partial charge in [0.05, 0.1) is 0 Å². The van der Waals surface area contributed by atoms with Gasteiger partial charge in [-0.15, -0.1) is 24.0 Å². The summed E-state index contributed by atoms with van der Waals surface area (Å²) in [6.45, 7) is 8.76. The lowest BCUT2D eigenvalue weighted by atomic mass is 10.3. The third-order valence-corrected chi connectivity index (χ3v) is 4.09. The molecule has 1 aliphatic rings. The lowest BCUT2D eigenvalue weighted by molar-refractivity contribution is -0.130. The van der Waals surface area contributed by atoms with Gasteiger partial charge in [0.1, 0.15) is 0 Å². The van der Waals surface area contributed by atoms with Crippen LogP contribution in [-0.2, 0) is 11.3 Å². The maximum Gasteiger partial charge on any atom is 0.219 e. The zero-order valence-corrected chi connectivity index (χ0v) is 16.9. The molecule has 1 aliphatic heterocycles.